The molecule has 0 fully saturated rings. The SMILES string of the molecule is CCCOc1cccc(C(=O)Nc2cc(C)c(I)c(C)c2)c1. The van der Waals surface area contributed by atoms with E-state index in [-0.39, 0.29) is 5.91 Å². The monoisotopic (exact) mass is 409 g/mol. The van der Waals surface area contributed by atoms with E-state index in [0.29, 0.717) is 12.2 Å². The summed E-state index contributed by atoms with van der Waals surface area (Å²) in [4.78, 5) is 12.4. The predicted molar refractivity (Wildman–Crippen MR) is 98.8 cm³/mol. The highest BCUT2D eigenvalue weighted by Gasteiger charge is 2.09. The molecule has 2 aromatic rings. The molecule has 0 radical (unpaired) electrons. The Morgan fingerprint density at radius 3 is 2.50 bits per heavy atom. The molecule has 0 atom stereocenters. The minimum atomic E-state index is -0.123. The lowest BCUT2D eigenvalue weighted by Crippen LogP contribution is -2.12. The summed E-state index contributed by atoms with van der Waals surface area (Å²) >= 11 is 2.32. The zero-order valence-electron chi connectivity index (χ0n) is 13.1. The number of carbonyl (C=O) groups excluding carboxylic acids is 1. The zero-order chi connectivity index (χ0) is 16.1. The second-order valence-corrected chi connectivity index (χ2v) is 6.33. The van der Waals surface area contributed by atoms with Gasteiger partial charge >= 0.3 is 0 Å². The number of carbonyl (C=O) groups is 1. The van der Waals surface area contributed by atoms with Gasteiger partial charge in [0, 0.05) is 14.8 Å². The van der Waals surface area contributed by atoms with E-state index in [9.17, 15) is 4.79 Å². The molecule has 4 heteroatoms. The average molecular weight is 409 g/mol. The summed E-state index contributed by atoms with van der Waals surface area (Å²) in [6, 6.07) is 11.3. The van der Waals surface area contributed by atoms with Crippen molar-refractivity contribution in [1.29, 1.82) is 0 Å². The number of hydrogen-bond acceptors (Lipinski definition) is 2. The third-order valence-electron chi connectivity index (χ3n) is 3.26. The van der Waals surface area contributed by atoms with Crippen LogP contribution < -0.4 is 10.1 Å². The second-order valence-electron chi connectivity index (χ2n) is 5.25. The van der Waals surface area contributed by atoms with E-state index < -0.39 is 0 Å². The van der Waals surface area contributed by atoms with Crippen LogP contribution in [0.4, 0.5) is 5.69 Å². The fourth-order valence-electron chi connectivity index (χ4n) is 2.17. The van der Waals surface area contributed by atoms with Crippen molar-refractivity contribution in [2.45, 2.75) is 27.2 Å². The first-order chi connectivity index (χ1) is 10.5. The molecule has 0 aromatic heterocycles. The highest BCUT2D eigenvalue weighted by molar-refractivity contribution is 14.1. The topological polar surface area (TPSA) is 38.3 Å². The number of rotatable bonds is 5. The summed E-state index contributed by atoms with van der Waals surface area (Å²) < 4.78 is 6.80. The van der Waals surface area contributed by atoms with Gasteiger partial charge < -0.3 is 10.1 Å². The van der Waals surface area contributed by atoms with Crippen LogP contribution in [0.15, 0.2) is 36.4 Å². The summed E-state index contributed by atoms with van der Waals surface area (Å²) in [5.74, 6) is 0.603. The summed E-state index contributed by atoms with van der Waals surface area (Å²) in [6.07, 6.45) is 0.942. The summed E-state index contributed by atoms with van der Waals surface area (Å²) in [5, 5.41) is 2.95. The maximum atomic E-state index is 12.4. The molecule has 0 heterocycles. The maximum absolute atomic E-state index is 12.4. The van der Waals surface area contributed by atoms with Crippen LogP contribution >= 0.6 is 22.6 Å². The van der Waals surface area contributed by atoms with Crippen molar-refractivity contribution in [3.8, 4) is 5.75 Å². The molecule has 2 aromatic carbocycles. The lowest BCUT2D eigenvalue weighted by atomic mass is 10.1. The molecule has 3 nitrogen and oxygen atoms in total. The first-order valence-electron chi connectivity index (χ1n) is 7.32. The Bertz CT molecular complexity index is 660. The van der Waals surface area contributed by atoms with Gasteiger partial charge in [0.15, 0.2) is 0 Å². The van der Waals surface area contributed by atoms with E-state index >= 15 is 0 Å². The van der Waals surface area contributed by atoms with Gasteiger partial charge in [0.05, 0.1) is 6.61 Å². The van der Waals surface area contributed by atoms with Crippen LogP contribution in [0.3, 0.4) is 0 Å². The Morgan fingerprint density at radius 1 is 1.18 bits per heavy atom. The van der Waals surface area contributed by atoms with Gasteiger partial charge in [0.25, 0.3) is 5.91 Å². The Morgan fingerprint density at radius 2 is 1.86 bits per heavy atom. The molecule has 116 valence electrons. The van der Waals surface area contributed by atoms with E-state index in [1.165, 1.54) is 3.57 Å². The standard InChI is InChI=1S/C18H20INO2/c1-4-8-22-16-7-5-6-14(11-16)18(21)20-15-9-12(2)17(19)13(3)10-15/h5-7,9-11H,4,8H2,1-3H3,(H,20,21). The molecular weight excluding hydrogens is 389 g/mol. The number of anilines is 1. The predicted octanol–water partition coefficient (Wildman–Crippen LogP) is 4.95. The summed E-state index contributed by atoms with van der Waals surface area (Å²) in [6.45, 7) is 6.80. The Kier molecular flexibility index (Phi) is 5.83. The smallest absolute Gasteiger partial charge is 0.255 e. The highest BCUT2D eigenvalue weighted by atomic mass is 127. The van der Waals surface area contributed by atoms with E-state index in [1.54, 1.807) is 12.1 Å². The van der Waals surface area contributed by atoms with Crippen LogP contribution in [0, 0.1) is 17.4 Å². The lowest BCUT2D eigenvalue weighted by Gasteiger charge is -2.11. The molecule has 22 heavy (non-hydrogen) atoms. The van der Waals surface area contributed by atoms with Crippen molar-refractivity contribution < 1.29 is 9.53 Å². The molecule has 0 unspecified atom stereocenters. The molecule has 2 rings (SSSR count). The second kappa shape index (κ2) is 7.63. The van der Waals surface area contributed by atoms with Crippen LogP contribution in [-0.2, 0) is 0 Å². The number of nitrogens with one attached hydrogen (secondary N) is 1. The van der Waals surface area contributed by atoms with Crippen LogP contribution in [0.25, 0.3) is 0 Å². The zero-order valence-corrected chi connectivity index (χ0v) is 15.2. The molecule has 0 saturated heterocycles. The maximum Gasteiger partial charge on any atom is 0.255 e. The number of amides is 1. The normalized spacial score (nSPS) is 10.4. The highest BCUT2D eigenvalue weighted by Crippen LogP contribution is 2.22. The van der Waals surface area contributed by atoms with Crippen molar-refractivity contribution in [3.63, 3.8) is 0 Å². The average Bonchev–Trinajstić information content (AvgIpc) is 2.50. The largest absolute Gasteiger partial charge is 0.494 e. The van der Waals surface area contributed by atoms with Gasteiger partial charge in [-0.2, -0.15) is 0 Å². The van der Waals surface area contributed by atoms with Crippen molar-refractivity contribution in [2.75, 3.05) is 11.9 Å². The molecule has 0 spiro atoms. The van der Waals surface area contributed by atoms with Gasteiger partial charge in [-0.05, 0) is 84.3 Å². The molecule has 1 N–H and O–H groups in total. The molecule has 0 aliphatic heterocycles. The van der Waals surface area contributed by atoms with E-state index in [2.05, 4.69) is 34.8 Å². The van der Waals surface area contributed by atoms with Crippen LogP contribution in [-0.4, -0.2) is 12.5 Å². The fraction of sp³-hybridized carbons (Fsp3) is 0.278. The number of aryl methyl sites for hydroxylation is 2. The van der Waals surface area contributed by atoms with Gasteiger partial charge in [-0.25, -0.2) is 0 Å². The van der Waals surface area contributed by atoms with E-state index in [1.807, 2.05) is 38.1 Å². The number of hydrogen-bond donors (Lipinski definition) is 1. The first-order valence-corrected chi connectivity index (χ1v) is 8.40. The van der Waals surface area contributed by atoms with Gasteiger partial charge in [0.1, 0.15) is 5.75 Å². The number of halogens is 1. The van der Waals surface area contributed by atoms with Crippen molar-refractivity contribution in [3.05, 3.63) is 56.7 Å². The number of ether oxygens (including phenoxy) is 1. The van der Waals surface area contributed by atoms with E-state index in [4.69, 9.17) is 4.74 Å². The molecule has 0 saturated carbocycles. The summed E-state index contributed by atoms with van der Waals surface area (Å²) in [7, 11) is 0. The molecule has 1 amide bonds. The quantitative estimate of drug-likeness (QED) is 0.710. The fourth-order valence-corrected chi connectivity index (χ4v) is 2.48. The van der Waals surface area contributed by atoms with Gasteiger partial charge in [0.2, 0.25) is 0 Å². The Hall–Kier alpha value is -1.56. The van der Waals surface area contributed by atoms with Crippen molar-refractivity contribution in [1.82, 2.24) is 0 Å². The first kappa shape index (κ1) is 16.8. The van der Waals surface area contributed by atoms with Gasteiger partial charge in [-0.1, -0.05) is 13.0 Å². The minimum absolute atomic E-state index is 0.123. The van der Waals surface area contributed by atoms with Crippen LogP contribution in [0.2, 0.25) is 0 Å². The summed E-state index contributed by atoms with van der Waals surface area (Å²) in [5.41, 5.74) is 3.75. The molecule has 0 aliphatic rings. The molecule has 0 bridgehead atoms. The van der Waals surface area contributed by atoms with Crippen LogP contribution in [0.1, 0.15) is 34.8 Å². The van der Waals surface area contributed by atoms with E-state index in [0.717, 1.165) is 29.0 Å². The van der Waals surface area contributed by atoms with Crippen LogP contribution in [0.5, 0.6) is 5.75 Å². The van der Waals surface area contributed by atoms with Crippen molar-refractivity contribution in [2.24, 2.45) is 0 Å². The third-order valence-corrected chi connectivity index (χ3v) is 4.96. The third kappa shape index (κ3) is 4.22. The van der Waals surface area contributed by atoms with Gasteiger partial charge in [-0.3, -0.25) is 4.79 Å². The minimum Gasteiger partial charge on any atom is -0.494 e. The lowest BCUT2D eigenvalue weighted by molar-refractivity contribution is 0.102. The van der Waals surface area contributed by atoms with Gasteiger partial charge in [-0.15, -0.1) is 0 Å². The Balaban J connectivity index is 2.15. The number of benzene rings is 2. The Labute approximate surface area is 145 Å². The molecule has 0 aliphatic carbocycles. The van der Waals surface area contributed by atoms with Crippen molar-refractivity contribution >= 4 is 34.2 Å². The molecular formula is C18H20INO2.